The van der Waals surface area contributed by atoms with Crippen LogP contribution in [-0.4, -0.2) is 17.7 Å². The van der Waals surface area contributed by atoms with Crippen LogP contribution in [0.5, 0.6) is 0 Å². The number of rotatable bonds is 7. The van der Waals surface area contributed by atoms with E-state index in [1.54, 1.807) is 79.7 Å². The van der Waals surface area contributed by atoms with Gasteiger partial charge in [0.05, 0.1) is 5.56 Å². The topological polar surface area (TPSA) is 72.5 Å². The molecule has 0 heterocycles. The zero-order valence-electron chi connectivity index (χ0n) is 17.2. The molecule has 0 fully saturated rings. The van der Waals surface area contributed by atoms with E-state index < -0.39 is 12.1 Å². The summed E-state index contributed by atoms with van der Waals surface area (Å²) in [5.74, 6) is -1.17. The summed E-state index contributed by atoms with van der Waals surface area (Å²) in [6.45, 7) is 3.57. The van der Waals surface area contributed by atoms with Crippen molar-refractivity contribution in [3.63, 3.8) is 0 Å². The number of aryl methyl sites for hydroxylation is 1. The molecule has 0 saturated heterocycles. The maximum atomic E-state index is 13.1. The summed E-state index contributed by atoms with van der Waals surface area (Å²) in [5.41, 5.74) is 2.51. The Morgan fingerprint density at radius 1 is 0.935 bits per heavy atom. The van der Waals surface area contributed by atoms with Gasteiger partial charge >= 0.3 is 5.97 Å². The van der Waals surface area contributed by atoms with Crippen LogP contribution in [0, 0.1) is 6.92 Å². The lowest BCUT2D eigenvalue weighted by Gasteiger charge is -2.18. The van der Waals surface area contributed by atoms with Gasteiger partial charge in [-0.05, 0) is 36.8 Å². The van der Waals surface area contributed by atoms with Gasteiger partial charge in [0, 0.05) is 28.3 Å². The predicted octanol–water partition coefficient (Wildman–Crippen LogP) is 5.78. The first-order chi connectivity index (χ1) is 14.9. The SMILES string of the molecule is CCC(=O)Nc1cc(C(=O)O[C@@H](C(=O)c2ccccc2)c2ccc(Cl)cc2)ccc1C. The number of esters is 1. The number of carbonyl (C=O) groups is 3. The molecule has 0 aliphatic rings. The molecule has 3 aromatic carbocycles. The van der Waals surface area contributed by atoms with Crippen LogP contribution in [0.2, 0.25) is 5.02 Å². The maximum absolute atomic E-state index is 13.1. The Morgan fingerprint density at radius 2 is 1.61 bits per heavy atom. The molecule has 0 radical (unpaired) electrons. The van der Waals surface area contributed by atoms with E-state index in [0.29, 0.717) is 28.3 Å². The summed E-state index contributed by atoms with van der Waals surface area (Å²) in [6.07, 6.45) is -0.819. The van der Waals surface area contributed by atoms with Crippen LogP contribution in [0.3, 0.4) is 0 Å². The van der Waals surface area contributed by atoms with E-state index in [0.717, 1.165) is 5.56 Å². The molecule has 0 spiro atoms. The maximum Gasteiger partial charge on any atom is 0.339 e. The van der Waals surface area contributed by atoms with Crippen LogP contribution in [-0.2, 0) is 9.53 Å². The second-order valence-electron chi connectivity index (χ2n) is 7.00. The van der Waals surface area contributed by atoms with Crippen molar-refractivity contribution in [1.29, 1.82) is 0 Å². The summed E-state index contributed by atoms with van der Waals surface area (Å²) in [4.78, 5) is 37.8. The minimum Gasteiger partial charge on any atom is -0.445 e. The lowest BCUT2D eigenvalue weighted by Crippen LogP contribution is -2.20. The molecule has 1 atom stereocenters. The summed E-state index contributed by atoms with van der Waals surface area (Å²) < 4.78 is 5.66. The number of hydrogen-bond donors (Lipinski definition) is 1. The first-order valence-corrected chi connectivity index (χ1v) is 10.2. The van der Waals surface area contributed by atoms with Gasteiger partial charge in [-0.2, -0.15) is 0 Å². The number of amides is 1. The Hall–Kier alpha value is -3.44. The van der Waals surface area contributed by atoms with E-state index in [1.165, 1.54) is 0 Å². The lowest BCUT2D eigenvalue weighted by molar-refractivity contribution is -0.115. The first kappa shape index (κ1) is 22.2. The van der Waals surface area contributed by atoms with Crippen LogP contribution >= 0.6 is 11.6 Å². The van der Waals surface area contributed by atoms with Gasteiger partial charge in [0.25, 0.3) is 0 Å². The molecule has 158 valence electrons. The van der Waals surface area contributed by atoms with Gasteiger partial charge in [-0.3, -0.25) is 9.59 Å². The number of hydrogen-bond acceptors (Lipinski definition) is 4. The number of halogens is 1. The van der Waals surface area contributed by atoms with Crippen molar-refractivity contribution in [1.82, 2.24) is 0 Å². The molecule has 0 unspecified atom stereocenters. The summed E-state index contributed by atoms with van der Waals surface area (Å²) in [7, 11) is 0. The smallest absolute Gasteiger partial charge is 0.339 e. The highest BCUT2D eigenvalue weighted by Gasteiger charge is 2.27. The van der Waals surface area contributed by atoms with Gasteiger partial charge < -0.3 is 10.1 Å². The van der Waals surface area contributed by atoms with Gasteiger partial charge in [0.15, 0.2) is 6.10 Å². The van der Waals surface area contributed by atoms with Crippen molar-refractivity contribution in [3.8, 4) is 0 Å². The van der Waals surface area contributed by atoms with E-state index in [2.05, 4.69) is 5.32 Å². The predicted molar refractivity (Wildman–Crippen MR) is 120 cm³/mol. The monoisotopic (exact) mass is 435 g/mol. The van der Waals surface area contributed by atoms with E-state index in [-0.39, 0.29) is 17.3 Å². The fraction of sp³-hybridized carbons (Fsp3) is 0.160. The van der Waals surface area contributed by atoms with Crippen molar-refractivity contribution in [2.45, 2.75) is 26.4 Å². The molecule has 0 aliphatic carbocycles. The largest absolute Gasteiger partial charge is 0.445 e. The number of carbonyl (C=O) groups excluding carboxylic acids is 3. The van der Waals surface area contributed by atoms with Gasteiger partial charge in [-0.25, -0.2) is 4.79 Å². The van der Waals surface area contributed by atoms with Gasteiger partial charge in [0.2, 0.25) is 11.7 Å². The van der Waals surface area contributed by atoms with Crippen molar-refractivity contribution in [2.24, 2.45) is 0 Å². The molecule has 5 nitrogen and oxygen atoms in total. The molecule has 0 saturated carbocycles. The first-order valence-electron chi connectivity index (χ1n) is 9.85. The number of ketones is 1. The molecule has 0 aliphatic heterocycles. The summed E-state index contributed by atoms with van der Waals surface area (Å²) >= 11 is 5.97. The zero-order valence-corrected chi connectivity index (χ0v) is 18.0. The molecule has 0 aromatic heterocycles. The fourth-order valence-electron chi connectivity index (χ4n) is 2.96. The Morgan fingerprint density at radius 3 is 2.26 bits per heavy atom. The molecule has 0 bridgehead atoms. The zero-order chi connectivity index (χ0) is 22.4. The minimum atomic E-state index is -1.14. The molecule has 3 aromatic rings. The number of Topliss-reactive ketones (excluding diaryl/α,β-unsaturated/α-hetero) is 1. The van der Waals surface area contributed by atoms with Crippen LogP contribution in [0.4, 0.5) is 5.69 Å². The number of ether oxygens (including phenoxy) is 1. The van der Waals surface area contributed by atoms with Crippen molar-refractivity contribution < 1.29 is 19.1 Å². The van der Waals surface area contributed by atoms with Crippen LogP contribution < -0.4 is 5.32 Å². The highest BCUT2D eigenvalue weighted by Crippen LogP contribution is 2.26. The lowest BCUT2D eigenvalue weighted by atomic mass is 9.99. The van der Waals surface area contributed by atoms with E-state index in [1.807, 2.05) is 6.92 Å². The minimum absolute atomic E-state index is 0.160. The average Bonchev–Trinajstić information content (AvgIpc) is 2.79. The molecule has 1 N–H and O–H groups in total. The third kappa shape index (κ3) is 5.58. The quantitative estimate of drug-likeness (QED) is 0.377. The second-order valence-corrected chi connectivity index (χ2v) is 7.44. The van der Waals surface area contributed by atoms with Crippen molar-refractivity contribution in [2.75, 3.05) is 5.32 Å². The molecule has 3 rings (SSSR count). The van der Waals surface area contributed by atoms with Gasteiger partial charge in [-0.1, -0.05) is 67.1 Å². The second kappa shape index (κ2) is 10.0. The summed E-state index contributed by atoms with van der Waals surface area (Å²) in [6, 6.07) is 20.1. The highest BCUT2D eigenvalue weighted by molar-refractivity contribution is 6.30. The van der Waals surface area contributed by atoms with Crippen LogP contribution in [0.25, 0.3) is 0 Å². The Bertz CT molecular complexity index is 1090. The van der Waals surface area contributed by atoms with E-state index in [4.69, 9.17) is 16.3 Å². The Balaban J connectivity index is 1.91. The Kier molecular flexibility index (Phi) is 7.21. The normalized spacial score (nSPS) is 11.5. The molecule has 31 heavy (non-hydrogen) atoms. The van der Waals surface area contributed by atoms with Crippen molar-refractivity contribution >= 4 is 34.9 Å². The molecule has 1 amide bonds. The molecule has 6 heteroatoms. The highest BCUT2D eigenvalue weighted by atomic mass is 35.5. The number of anilines is 1. The van der Waals surface area contributed by atoms with E-state index in [9.17, 15) is 14.4 Å². The molecular formula is C25H22ClNO4. The van der Waals surface area contributed by atoms with Crippen LogP contribution in [0.1, 0.15) is 51.3 Å². The fourth-order valence-corrected chi connectivity index (χ4v) is 3.09. The molecular weight excluding hydrogens is 414 g/mol. The Labute approximate surface area is 186 Å². The van der Waals surface area contributed by atoms with Gasteiger partial charge in [-0.15, -0.1) is 0 Å². The van der Waals surface area contributed by atoms with Gasteiger partial charge in [0.1, 0.15) is 0 Å². The summed E-state index contributed by atoms with van der Waals surface area (Å²) in [5, 5.41) is 3.28. The number of nitrogens with one attached hydrogen (secondary N) is 1. The third-order valence-electron chi connectivity index (χ3n) is 4.76. The standard InChI is InChI=1S/C25H22ClNO4/c1-3-22(28)27-21-15-19(10-9-16(21)2)25(30)31-24(18-11-13-20(26)14-12-18)23(29)17-7-5-4-6-8-17/h4-15,24H,3H2,1-2H3,(H,27,28)/t24-/m1/s1. The third-order valence-corrected chi connectivity index (χ3v) is 5.01. The number of benzene rings is 3. The van der Waals surface area contributed by atoms with E-state index >= 15 is 0 Å². The average molecular weight is 436 g/mol. The van der Waals surface area contributed by atoms with Crippen LogP contribution in [0.15, 0.2) is 72.8 Å². The van der Waals surface area contributed by atoms with Crippen molar-refractivity contribution in [3.05, 3.63) is 100 Å².